The van der Waals surface area contributed by atoms with Crippen LogP contribution in [0.3, 0.4) is 0 Å². The lowest BCUT2D eigenvalue weighted by Gasteiger charge is -2.20. The van der Waals surface area contributed by atoms with Gasteiger partial charge in [0, 0.05) is 18.4 Å². The number of imidazole rings is 1. The molecule has 0 saturated heterocycles. The Kier molecular flexibility index (Phi) is 3.95. The first-order chi connectivity index (χ1) is 10.9. The molecule has 0 aliphatic rings. The number of aromatic nitrogens is 3. The monoisotopic (exact) mass is 314 g/mol. The molecule has 3 rings (SSSR count). The molecule has 0 spiro atoms. The number of pyridine rings is 1. The van der Waals surface area contributed by atoms with E-state index in [4.69, 9.17) is 10.8 Å². The third kappa shape index (κ3) is 3.00. The lowest BCUT2D eigenvalue weighted by atomic mass is 10.1. The van der Waals surface area contributed by atoms with Crippen LogP contribution in [-0.4, -0.2) is 37.0 Å². The van der Waals surface area contributed by atoms with E-state index in [9.17, 15) is 5.11 Å². The van der Waals surface area contributed by atoms with Gasteiger partial charge in [-0.3, -0.25) is 0 Å². The van der Waals surface area contributed by atoms with Crippen molar-refractivity contribution in [1.82, 2.24) is 14.5 Å². The van der Waals surface area contributed by atoms with Crippen LogP contribution >= 0.6 is 0 Å². The zero-order chi connectivity index (χ0) is 16.6. The standard InChI is InChI=1S/C17H22N4O2/c1-17(2,23)10-21-13(8-5-9-22)20-14-15(21)11-6-3-4-7-12(11)19-16(14)18/h3-4,6-7,22-23H,5,8-10H2,1-2H3,(H2,18,19). The van der Waals surface area contributed by atoms with Crippen molar-refractivity contribution in [3.63, 3.8) is 0 Å². The van der Waals surface area contributed by atoms with E-state index in [1.54, 1.807) is 13.8 Å². The molecule has 2 aromatic heterocycles. The molecule has 0 aliphatic heterocycles. The van der Waals surface area contributed by atoms with Crippen LogP contribution in [-0.2, 0) is 13.0 Å². The molecule has 0 aliphatic carbocycles. The zero-order valence-electron chi connectivity index (χ0n) is 13.5. The van der Waals surface area contributed by atoms with Crippen molar-refractivity contribution in [2.24, 2.45) is 0 Å². The Morgan fingerprint density at radius 3 is 2.65 bits per heavy atom. The average Bonchev–Trinajstić information content (AvgIpc) is 2.83. The van der Waals surface area contributed by atoms with E-state index in [2.05, 4.69) is 9.97 Å². The maximum Gasteiger partial charge on any atom is 0.152 e. The molecule has 0 amide bonds. The van der Waals surface area contributed by atoms with Crippen LogP contribution in [0, 0.1) is 0 Å². The minimum atomic E-state index is -0.888. The van der Waals surface area contributed by atoms with Crippen LogP contribution in [0.15, 0.2) is 24.3 Å². The SMILES string of the molecule is CC(C)(O)Cn1c(CCCO)nc2c(N)nc3ccccc3c21. The lowest BCUT2D eigenvalue weighted by molar-refractivity contribution is 0.0618. The van der Waals surface area contributed by atoms with Crippen LogP contribution in [0.25, 0.3) is 21.9 Å². The minimum absolute atomic E-state index is 0.0974. The number of hydrogen-bond acceptors (Lipinski definition) is 5. The van der Waals surface area contributed by atoms with Crippen LogP contribution in [0.1, 0.15) is 26.1 Å². The normalized spacial score (nSPS) is 12.3. The number of aryl methyl sites for hydroxylation is 1. The fourth-order valence-corrected chi connectivity index (χ4v) is 2.89. The number of nitrogens with zero attached hydrogens (tertiary/aromatic N) is 3. The van der Waals surface area contributed by atoms with Crippen molar-refractivity contribution >= 4 is 27.8 Å². The number of aliphatic hydroxyl groups excluding tert-OH is 1. The van der Waals surface area contributed by atoms with E-state index in [-0.39, 0.29) is 6.61 Å². The van der Waals surface area contributed by atoms with Gasteiger partial charge in [-0.2, -0.15) is 0 Å². The molecule has 1 aromatic carbocycles. The highest BCUT2D eigenvalue weighted by molar-refractivity contribution is 6.06. The smallest absolute Gasteiger partial charge is 0.152 e. The highest BCUT2D eigenvalue weighted by atomic mass is 16.3. The van der Waals surface area contributed by atoms with E-state index in [0.29, 0.717) is 30.7 Å². The first-order valence-electron chi connectivity index (χ1n) is 7.77. The molecule has 0 radical (unpaired) electrons. The van der Waals surface area contributed by atoms with E-state index >= 15 is 0 Å². The highest BCUT2D eigenvalue weighted by Gasteiger charge is 2.22. The summed E-state index contributed by atoms with van der Waals surface area (Å²) in [4.78, 5) is 9.06. The lowest BCUT2D eigenvalue weighted by Crippen LogP contribution is -2.27. The van der Waals surface area contributed by atoms with E-state index in [1.807, 2.05) is 28.8 Å². The number of rotatable bonds is 5. The molecule has 23 heavy (non-hydrogen) atoms. The van der Waals surface area contributed by atoms with Crippen LogP contribution < -0.4 is 5.73 Å². The Morgan fingerprint density at radius 2 is 1.96 bits per heavy atom. The largest absolute Gasteiger partial charge is 0.396 e. The number of para-hydroxylation sites is 1. The number of aliphatic hydroxyl groups is 2. The number of anilines is 1. The molecule has 3 aromatic rings. The van der Waals surface area contributed by atoms with Crippen molar-refractivity contribution in [3.05, 3.63) is 30.1 Å². The number of nitrogens with two attached hydrogens (primary N) is 1. The van der Waals surface area contributed by atoms with Gasteiger partial charge in [-0.1, -0.05) is 18.2 Å². The van der Waals surface area contributed by atoms with Crippen molar-refractivity contribution in [2.45, 2.75) is 38.8 Å². The highest BCUT2D eigenvalue weighted by Crippen LogP contribution is 2.30. The Bertz CT molecular complexity index is 849. The van der Waals surface area contributed by atoms with Crippen molar-refractivity contribution in [2.75, 3.05) is 12.3 Å². The Balaban J connectivity index is 2.32. The molecular weight excluding hydrogens is 292 g/mol. The minimum Gasteiger partial charge on any atom is -0.396 e. The zero-order valence-corrected chi connectivity index (χ0v) is 13.5. The van der Waals surface area contributed by atoms with Gasteiger partial charge in [0.1, 0.15) is 11.3 Å². The maximum atomic E-state index is 10.3. The summed E-state index contributed by atoms with van der Waals surface area (Å²) in [5.74, 6) is 1.19. The summed E-state index contributed by atoms with van der Waals surface area (Å²) in [5.41, 5.74) is 7.56. The Hall–Kier alpha value is -2.18. The second-order valence-electron chi connectivity index (χ2n) is 6.47. The summed E-state index contributed by atoms with van der Waals surface area (Å²) in [6, 6.07) is 7.78. The molecular formula is C17H22N4O2. The van der Waals surface area contributed by atoms with E-state index in [1.165, 1.54) is 0 Å². The maximum absolute atomic E-state index is 10.3. The summed E-state index contributed by atoms with van der Waals surface area (Å²) in [5, 5.41) is 20.4. The van der Waals surface area contributed by atoms with Crippen molar-refractivity contribution in [3.8, 4) is 0 Å². The summed E-state index contributed by atoms with van der Waals surface area (Å²) in [7, 11) is 0. The van der Waals surface area contributed by atoms with Crippen LogP contribution in [0.4, 0.5) is 5.82 Å². The van der Waals surface area contributed by atoms with Gasteiger partial charge < -0.3 is 20.5 Å². The van der Waals surface area contributed by atoms with Gasteiger partial charge in [0.05, 0.1) is 23.2 Å². The van der Waals surface area contributed by atoms with Gasteiger partial charge in [0.2, 0.25) is 0 Å². The molecule has 6 nitrogen and oxygen atoms in total. The summed E-state index contributed by atoms with van der Waals surface area (Å²) in [6.07, 6.45) is 1.23. The molecule has 6 heteroatoms. The van der Waals surface area contributed by atoms with E-state index in [0.717, 1.165) is 22.2 Å². The first kappa shape index (κ1) is 15.7. The van der Waals surface area contributed by atoms with Crippen molar-refractivity contribution < 1.29 is 10.2 Å². The van der Waals surface area contributed by atoms with E-state index < -0.39 is 5.60 Å². The predicted molar refractivity (Wildman–Crippen MR) is 91.2 cm³/mol. The predicted octanol–water partition coefficient (Wildman–Crippen LogP) is 1.86. The van der Waals surface area contributed by atoms with Gasteiger partial charge in [-0.15, -0.1) is 0 Å². The fourth-order valence-electron chi connectivity index (χ4n) is 2.89. The molecule has 0 fully saturated rings. The molecule has 0 atom stereocenters. The van der Waals surface area contributed by atoms with Gasteiger partial charge in [0.15, 0.2) is 5.82 Å². The number of nitrogen functional groups attached to an aromatic ring is 1. The number of fused-ring (bicyclic) bond motifs is 3. The summed E-state index contributed by atoms with van der Waals surface area (Å²) < 4.78 is 2.01. The fraction of sp³-hybridized carbons (Fsp3) is 0.412. The van der Waals surface area contributed by atoms with Crippen molar-refractivity contribution in [1.29, 1.82) is 0 Å². The molecule has 4 N–H and O–H groups in total. The topological polar surface area (TPSA) is 97.2 Å². The Labute approximate surface area is 134 Å². The molecule has 0 bridgehead atoms. The quantitative estimate of drug-likeness (QED) is 0.668. The second kappa shape index (κ2) is 5.79. The summed E-state index contributed by atoms with van der Waals surface area (Å²) in [6.45, 7) is 4.03. The molecule has 2 heterocycles. The number of benzene rings is 1. The average molecular weight is 314 g/mol. The molecule has 122 valence electrons. The molecule has 0 unspecified atom stereocenters. The van der Waals surface area contributed by atoms with Gasteiger partial charge in [-0.25, -0.2) is 9.97 Å². The van der Waals surface area contributed by atoms with Gasteiger partial charge in [0.25, 0.3) is 0 Å². The Morgan fingerprint density at radius 1 is 1.22 bits per heavy atom. The third-order valence-electron chi connectivity index (χ3n) is 3.79. The van der Waals surface area contributed by atoms with Gasteiger partial charge >= 0.3 is 0 Å². The molecule has 0 saturated carbocycles. The second-order valence-corrected chi connectivity index (χ2v) is 6.47. The summed E-state index contributed by atoms with van der Waals surface area (Å²) >= 11 is 0. The van der Waals surface area contributed by atoms with Crippen LogP contribution in [0.5, 0.6) is 0 Å². The third-order valence-corrected chi connectivity index (χ3v) is 3.79. The van der Waals surface area contributed by atoms with Gasteiger partial charge in [-0.05, 0) is 26.3 Å². The first-order valence-corrected chi connectivity index (χ1v) is 7.77. The number of hydrogen-bond donors (Lipinski definition) is 3. The van der Waals surface area contributed by atoms with Crippen LogP contribution in [0.2, 0.25) is 0 Å².